The first-order valence-electron chi connectivity index (χ1n) is 9.67. The highest BCUT2D eigenvalue weighted by molar-refractivity contribution is 7.18. The molecule has 1 N–H and O–H groups in total. The maximum Gasteiger partial charge on any atom is 0.341 e. The van der Waals surface area contributed by atoms with Crippen molar-refractivity contribution in [3.05, 3.63) is 56.9 Å². The quantitative estimate of drug-likeness (QED) is 0.454. The fourth-order valence-corrected chi connectivity index (χ4v) is 4.20. The first-order valence-corrected chi connectivity index (χ1v) is 10.9. The zero-order chi connectivity index (χ0) is 22.3. The largest absolute Gasteiger partial charge is 0.462 e. The molecule has 0 saturated heterocycles. The predicted molar refractivity (Wildman–Crippen MR) is 121 cm³/mol. The van der Waals surface area contributed by atoms with Crippen LogP contribution < -0.4 is 5.32 Å². The highest BCUT2D eigenvalue weighted by Gasteiger charge is 2.28. The van der Waals surface area contributed by atoms with Crippen molar-refractivity contribution < 1.29 is 19.1 Å². The number of halogens is 1. The Morgan fingerprint density at radius 1 is 1.17 bits per heavy atom. The van der Waals surface area contributed by atoms with E-state index in [0.717, 1.165) is 11.3 Å². The molecule has 0 saturated carbocycles. The van der Waals surface area contributed by atoms with Gasteiger partial charge in [0.1, 0.15) is 5.00 Å². The minimum atomic E-state index is -0.574. The Hall–Kier alpha value is -2.64. The number of carbonyl (C=O) groups is 3. The lowest BCUT2D eigenvalue weighted by Gasteiger charge is -2.18. The molecule has 0 aliphatic heterocycles. The number of thiophene rings is 1. The number of amides is 2. The molecule has 0 unspecified atom stereocenters. The maximum atomic E-state index is 12.9. The summed E-state index contributed by atoms with van der Waals surface area (Å²) in [4.78, 5) is 39.9. The highest BCUT2D eigenvalue weighted by atomic mass is 35.5. The van der Waals surface area contributed by atoms with Crippen LogP contribution in [0, 0.1) is 6.92 Å². The van der Waals surface area contributed by atoms with Crippen LogP contribution in [0.3, 0.4) is 0 Å². The summed E-state index contributed by atoms with van der Waals surface area (Å²) in [6.45, 7) is 8.44. The van der Waals surface area contributed by atoms with E-state index in [9.17, 15) is 14.4 Å². The number of ether oxygens (including phenoxy) is 1. The van der Waals surface area contributed by atoms with Gasteiger partial charge in [0.15, 0.2) is 0 Å². The van der Waals surface area contributed by atoms with Crippen molar-refractivity contribution in [2.45, 2.75) is 27.7 Å². The van der Waals surface area contributed by atoms with Crippen molar-refractivity contribution in [2.24, 2.45) is 0 Å². The van der Waals surface area contributed by atoms with Gasteiger partial charge in [-0.2, -0.15) is 0 Å². The molecule has 30 heavy (non-hydrogen) atoms. The molecule has 0 radical (unpaired) electrons. The molecule has 0 atom stereocenters. The molecule has 1 aromatic carbocycles. The second-order valence-corrected chi connectivity index (χ2v) is 7.73. The first-order chi connectivity index (χ1) is 14.3. The van der Waals surface area contributed by atoms with E-state index >= 15 is 0 Å². The molecule has 0 fully saturated rings. The van der Waals surface area contributed by atoms with Gasteiger partial charge in [-0.1, -0.05) is 29.8 Å². The van der Waals surface area contributed by atoms with Crippen molar-refractivity contribution in [3.8, 4) is 0 Å². The van der Waals surface area contributed by atoms with Gasteiger partial charge >= 0.3 is 5.97 Å². The summed E-state index contributed by atoms with van der Waals surface area (Å²) in [5.74, 6) is -1.20. The van der Waals surface area contributed by atoms with E-state index in [-0.39, 0.29) is 23.1 Å². The van der Waals surface area contributed by atoms with Crippen molar-refractivity contribution in [3.63, 3.8) is 0 Å². The van der Waals surface area contributed by atoms with Crippen molar-refractivity contribution in [1.82, 2.24) is 4.90 Å². The summed E-state index contributed by atoms with van der Waals surface area (Å²) >= 11 is 7.18. The van der Waals surface area contributed by atoms with Gasteiger partial charge in [0, 0.05) is 24.2 Å². The SMILES string of the molecule is CCOC(=O)c1c(NC(=O)C=Cc2ccccc2Cl)sc(C(=O)N(CC)CC)c1C. The molecule has 1 heterocycles. The molecular formula is C22H25ClN2O4S. The number of nitrogens with one attached hydrogen (secondary N) is 1. The second-order valence-electron chi connectivity index (χ2n) is 6.30. The van der Waals surface area contributed by atoms with Gasteiger partial charge in [0.25, 0.3) is 5.91 Å². The normalized spacial score (nSPS) is 10.8. The van der Waals surface area contributed by atoms with Gasteiger partial charge in [-0.25, -0.2) is 4.79 Å². The van der Waals surface area contributed by atoms with Crippen LogP contribution >= 0.6 is 22.9 Å². The van der Waals surface area contributed by atoms with Gasteiger partial charge in [0.05, 0.1) is 17.0 Å². The molecule has 0 aliphatic rings. The fraction of sp³-hybridized carbons (Fsp3) is 0.318. The summed E-state index contributed by atoms with van der Waals surface area (Å²) in [5, 5.41) is 3.52. The Labute approximate surface area is 185 Å². The van der Waals surface area contributed by atoms with Crippen LogP contribution in [-0.2, 0) is 9.53 Å². The number of hydrogen-bond donors (Lipinski definition) is 1. The third-order valence-corrected chi connectivity index (χ3v) is 5.97. The summed E-state index contributed by atoms with van der Waals surface area (Å²) in [6.07, 6.45) is 2.92. The van der Waals surface area contributed by atoms with Crippen LogP contribution in [0.2, 0.25) is 5.02 Å². The van der Waals surface area contributed by atoms with Gasteiger partial charge < -0.3 is 15.0 Å². The summed E-state index contributed by atoms with van der Waals surface area (Å²) < 4.78 is 5.14. The number of hydrogen-bond acceptors (Lipinski definition) is 5. The molecule has 8 heteroatoms. The van der Waals surface area contributed by atoms with Crippen LogP contribution in [0.5, 0.6) is 0 Å². The van der Waals surface area contributed by atoms with E-state index in [1.54, 1.807) is 43.0 Å². The third-order valence-electron chi connectivity index (χ3n) is 4.43. The van der Waals surface area contributed by atoms with E-state index in [2.05, 4.69) is 5.32 Å². The smallest absolute Gasteiger partial charge is 0.341 e. The monoisotopic (exact) mass is 448 g/mol. The third kappa shape index (κ3) is 5.49. The van der Waals surface area contributed by atoms with Crippen molar-refractivity contribution in [1.29, 1.82) is 0 Å². The maximum absolute atomic E-state index is 12.9. The van der Waals surface area contributed by atoms with Gasteiger partial charge in [0.2, 0.25) is 5.91 Å². The number of benzene rings is 1. The van der Waals surface area contributed by atoms with E-state index in [1.807, 2.05) is 19.9 Å². The lowest BCUT2D eigenvalue weighted by atomic mass is 10.1. The Balaban J connectivity index is 2.36. The molecule has 0 bridgehead atoms. The van der Waals surface area contributed by atoms with Gasteiger partial charge in [-0.3, -0.25) is 9.59 Å². The Kier molecular flexibility index (Phi) is 8.62. The molecule has 0 spiro atoms. The van der Waals surface area contributed by atoms with Crippen LogP contribution in [0.4, 0.5) is 5.00 Å². The standard InChI is InChI=1S/C22H25ClN2O4S/c1-5-25(6-2)21(27)19-14(4)18(22(28)29-7-3)20(30-19)24-17(26)13-12-15-10-8-9-11-16(15)23/h8-13H,5-7H2,1-4H3,(H,24,26). The Morgan fingerprint density at radius 3 is 2.43 bits per heavy atom. The molecule has 2 aromatic rings. The van der Waals surface area contributed by atoms with Gasteiger partial charge in [-0.15, -0.1) is 11.3 Å². The summed E-state index contributed by atoms with van der Waals surface area (Å²) in [6, 6.07) is 7.13. The van der Waals surface area contributed by atoms with E-state index < -0.39 is 11.9 Å². The lowest BCUT2D eigenvalue weighted by Crippen LogP contribution is -2.30. The molecule has 2 amide bonds. The van der Waals surface area contributed by atoms with Crippen LogP contribution in [-0.4, -0.2) is 42.4 Å². The molecule has 2 rings (SSSR count). The highest BCUT2D eigenvalue weighted by Crippen LogP contribution is 2.34. The molecule has 0 aliphatic carbocycles. The van der Waals surface area contributed by atoms with E-state index in [1.165, 1.54) is 6.08 Å². The number of anilines is 1. The Bertz CT molecular complexity index is 964. The topological polar surface area (TPSA) is 75.7 Å². The zero-order valence-electron chi connectivity index (χ0n) is 17.5. The molecule has 6 nitrogen and oxygen atoms in total. The molecule has 1 aromatic heterocycles. The van der Waals surface area contributed by atoms with Crippen molar-refractivity contribution >= 4 is 51.8 Å². The van der Waals surface area contributed by atoms with Crippen molar-refractivity contribution in [2.75, 3.05) is 25.0 Å². The number of rotatable bonds is 8. The average molecular weight is 449 g/mol. The number of esters is 1. The Morgan fingerprint density at radius 2 is 1.83 bits per heavy atom. The zero-order valence-corrected chi connectivity index (χ0v) is 19.0. The van der Waals surface area contributed by atoms with E-state index in [4.69, 9.17) is 16.3 Å². The minimum absolute atomic E-state index is 0.180. The fourth-order valence-electron chi connectivity index (χ4n) is 2.84. The lowest BCUT2D eigenvalue weighted by molar-refractivity contribution is -0.111. The molecular weight excluding hydrogens is 424 g/mol. The van der Waals surface area contributed by atoms with Gasteiger partial charge in [-0.05, 0) is 51.0 Å². The predicted octanol–water partition coefficient (Wildman–Crippen LogP) is 5.02. The van der Waals surface area contributed by atoms with Crippen LogP contribution in [0.25, 0.3) is 6.08 Å². The minimum Gasteiger partial charge on any atom is -0.462 e. The average Bonchev–Trinajstić information content (AvgIpc) is 3.04. The second kappa shape index (κ2) is 10.9. The number of nitrogens with zero attached hydrogens (tertiary/aromatic N) is 1. The summed E-state index contributed by atoms with van der Waals surface area (Å²) in [7, 11) is 0. The van der Waals surface area contributed by atoms with Crippen LogP contribution in [0.15, 0.2) is 30.3 Å². The summed E-state index contributed by atoms with van der Waals surface area (Å²) in [5.41, 5.74) is 1.40. The van der Waals surface area contributed by atoms with Crippen LogP contribution in [0.1, 0.15) is 51.9 Å². The molecule has 160 valence electrons. The van der Waals surface area contributed by atoms with E-state index in [0.29, 0.717) is 34.1 Å². The number of carbonyl (C=O) groups excluding carboxylic acids is 3. The first kappa shape index (κ1) is 23.6.